The van der Waals surface area contributed by atoms with E-state index in [1.54, 1.807) is 18.2 Å². The Labute approximate surface area is 103 Å². The third kappa shape index (κ3) is 2.43. The average molecular weight is 255 g/mol. The first-order valence-corrected chi connectivity index (χ1v) is 5.29. The van der Waals surface area contributed by atoms with Gasteiger partial charge in [-0.25, -0.2) is 4.98 Å². The molecular weight excluding hydrogens is 247 g/mol. The minimum atomic E-state index is 0.344. The number of ether oxygens (including phenoxy) is 1. The topological polar surface area (TPSA) is 35.0 Å². The molecule has 0 aliphatic carbocycles. The Kier molecular flexibility index (Phi) is 3.27. The number of halogens is 2. The van der Waals surface area contributed by atoms with Gasteiger partial charge in [-0.3, -0.25) is 0 Å². The third-order valence-electron chi connectivity index (χ3n) is 1.98. The lowest BCUT2D eigenvalue weighted by Gasteiger charge is -2.03. The van der Waals surface area contributed by atoms with Crippen molar-refractivity contribution in [2.24, 2.45) is 0 Å². The predicted molar refractivity (Wildman–Crippen MR) is 64.0 cm³/mol. The second-order valence-electron chi connectivity index (χ2n) is 3.06. The summed E-state index contributed by atoms with van der Waals surface area (Å²) in [5, 5.41) is 1.01. The van der Waals surface area contributed by atoms with Crippen molar-refractivity contribution in [3.05, 3.63) is 40.5 Å². The van der Waals surface area contributed by atoms with Gasteiger partial charge >= 0.3 is 0 Å². The van der Waals surface area contributed by atoms with Crippen LogP contribution in [0.15, 0.2) is 30.3 Å². The molecule has 1 aromatic heterocycles. The predicted octanol–water partition coefficient (Wildman–Crippen LogP) is 3.46. The smallest absolute Gasteiger partial charge is 0.218 e. The Hall–Kier alpha value is -1.32. The molecule has 1 aromatic carbocycles. The van der Waals surface area contributed by atoms with Crippen LogP contribution in [0.5, 0.6) is 5.88 Å². The normalized spacial score (nSPS) is 10.2. The molecule has 0 fully saturated rings. The first-order valence-electron chi connectivity index (χ1n) is 4.53. The molecule has 0 unspecified atom stereocenters. The molecule has 0 atom stereocenters. The lowest BCUT2D eigenvalue weighted by Crippen LogP contribution is -1.93. The van der Waals surface area contributed by atoms with E-state index in [1.165, 1.54) is 7.11 Å². The highest BCUT2D eigenvalue weighted by Gasteiger charge is 2.05. The van der Waals surface area contributed by atoms with Crippen molar-refractivity contribution in [2.75, 3.05) is 7.11 Å². The molecule has 16 heavy (non-hydrogen) atoms. The summed E-state index contributed by atoms with van der Waals surface area (Å²) in [6.07, 6.45) is 0. The summed E-state index contributed by atoms with van der Waals surface area (Å²) in [6.45, 7) is 0. The van der Waals surface area contributed by atoms with E-state index in [9.17, 15) is 0 Å². The second-order valence-corrected chi connectivity index (χ2v) is 3.89. The van der Waals surface area contributed by atoms with Crippen molar-refractivity contribution in [2.45, 2.75) is 0 Å². The molecule has 82 valence electrons. The van der Waals surface area contributed by atoms with Gasteiger partial charge in [-0.1, -0.05) is 23.2 Å². The molecule has 2 aromatic rings. The number of rotatable bonds is 2. The summed E-state index contributed by atoms with van der Waals surface area (Å²) in [6, 6.07) is 8.75. The maximum absolute atomic E-state index is 5.85. The van der Waals surface area contributed by atoms with Gasteiger partial charge in [0.2, 0.25) is 5.88 Å². The monoisotopic (exact) mass is 254 g/mol. The van der Waals surface area contributed by atoms with Gasteiger partial charge < -0.3 is 4.74 Å². The standard InChI is InChI=1S/C11H8Cl2N2O/c1-16-10-6-9(13)14-11(15-10)7-2-4-8(12)5-3-7/h2-6H,1H3. The Balaban J connectivity index is 2.47. The van der Waals surface area contributed by atoms with Crippen molar-refractivity contribution in [3.8, 4) is 17.3 Å². The van der Waals surface area contributed by atoms with Gasteiger partial charge in [0.25, 0.3) is 0 Å². The van der Waals surface area contributed by atoms with Crippen LogP contribution in [0.2, 0.25) is 10.2 Å². The molecule has 3 nitrogen and oxygen atoms in total. The van der Waals surface area contributed by atoms with E-state index >= 15 is 0 Å². The number of aromatic nitrogens is 2. The first-order chi connectivity index (χ1) is 7.69. The molecule has 0 spiro atoms. The Morgan fingerprint density at radius 2 is 1.75 bits per heavy atom. The number of methoxy groups -OCH3 is 1. The fourth-order valence-electron chi connectivity index (χ4n) is 1.23. The Bertz CT molecular complexity index is 500. The lowest BCUT2D eigenvalue weighted by molar-refractivity contribution is 0.397. The fourth-order valence-corrected chi connectivity index (χ4v) is 1.53. The van der Waals surface area contributed by atoms with E-state index in [4.69, 9.17) is 27.9 Å². The zero-order chi connectivity index (χ0) is 11.5. The molecule has 0 N–H and O–H groups in total. The van der Waals surface area contributed by atoms with Crippen LogP contribution in [0.1, 0.15) is 0 Å². The van der Waals surface area contributed by atoms with Crippen LogP contribution in [0.4, 0.5) is 0 Å². The highest BCUT2D eigenvalue weighted by Crippen LogP contribution is 2.22. The average Bonchev–Trinajstić information content (AvgIpc) is 2.29. The van der Waals surface area contributed by atoms with Crippen molar-refractivity contribution in [1.82, 2.24) is 9.97 Å². The summed E-state index contributed by atoms with van der Waals surface area (Å²) in [7, 11) is 1.53. The number of hydrogen-bond acceptors (Lipinski definition) is 3. The van der Waals surface area contributed by atoms with E-state index in [1.807, 2.05) is 12.1 Å². The molecule has 0 amide bonds. The minimum absolute atomic E-state index is 0.344. The van der Waals surface area contributed by atoms with Crippen LogP contribution in [0.25, 0.3) is 11.4 Å². The first kappa shape index (κ1) is 11.2. The largest absolute Gasteiger partial charge is 0.481 e. The van der Waals surface area contributed by atoms with Crippen LogP contribution >= 0.6 is 23.2 Å². The zero-order valence-corrected chi connectivity index (χ0v) is 9.96. The van der Waals surface area contributed by atoms with E-state index in [0.717, 1.165) is 5.56 Å². The van der Waals surface area contributed by atoms with Crippen LogP contribution in [0, 0.1) is 0 Å². The molecule has 0 saturated heterocycles. The zero-order valence-electron chi connectivity index (χ0n) is 8.45. The summed E-state index contributed by atoms with van der Waals surface area (Å²) < 4.78 is 5.02. The quantitative estimate of drug-likeness (QED) is 0.771. The molecule has 0 aliphatic rings. The Morgan fingerprint density at radius 3 is 2.38 bits per heavy atom. The lowest BCUT2D eigenvalue weighted by atomic mass is 10.2. The highest BCUT2D eigenvalue weighted by atomic mass is 35.5. The molecular formula is C11H8Cl2N2O. The number of hydrogen-bond donors (Lipinski definition) is 0. The number of nitrogens with zero attached hydrogens (tertiary/aromatic N) is 2. The van der Waals surface area contributed by atoms with E-state index < -0.39 is 0 Å². The molecule has 0 saturated carbocycles. The van der Waals surface area contributed by atoms with Gasteiger partial charge in [0.05, 0.1) is 7.11 Å². The van der Waals surface area contributed by atoms with Gasteiger partial charge in [-0.05, 0) is 24.3 Å². The van der Waals surface area contributed by atoms with Crippen LogP contribution in [-0.4, -0.2) is 17.1 Å². The van der Waals surface area contributed by atoms with Crippen LogP contribution in [-0.2, 0) is 0 Å². The molecule has 0 aliphatic heterocycles. The SMILES string of the molecule is COc1cc(Cl)nc(-c2ccc(Cl)cc2)n1. The van der Waals surface area contributed by atoms with Crippen LogP contribution < -0.4 is 4.74 Å². The van der Waals surface area contributed by atoms with Crippen molar-refractivity contribution < 1.29 is 4.74 Å². The molecule has 5 heteroatoms. The van der Waals surface area contributed by atoms with Gasteiger partial charge in [0, 0.05) is 16.7 Å². The minimum Gasteiger partial charge on any atom is -0.481 e. The van der Waals surface area contributed by atoms with E-state index in [-0.39, 0.29) is 0 Å². The fraction of sp³-hybridized carbons (Fsp3) is 0.0909. The van der Waals surface area contributed by atoms with Crippen LogP contribution in [0.3, 0.4) is 0 Å². The second kappa shape index (κ2) is 4.68. The molecule has 1 heterocycles. The molecule has 2 rings (SSSR count). The summed E-state index contributed by atoms with van der Waals surface area (Å²) in [4.78, 5) is 8.30. The summed E-state index contributed by atoms with van der Waals surface area (Å²) in [5.41, 5.74) is 0.838. The van der Waals surface area contributed by atoms with Gasteiger partial charge in [-0.15, -0.1) is 0 Å². The summed E-state index contributed by atoms with van der Waals surface area (Å²) in [5.74, 6) is 0.950. The number of benzene rings is 1. The van der Waals surface area contributed by atoms with Gasteiger partial charge in [0.15, 0.2) is 5.82 Å². The van der Waals surface area contributed by atoms with E-state index in [0.29, 0.717) is 21.9 Å². The van der Waals surface area contributed by atoms with Gasteiger partial charge in [-0.2, -0.15) is 4.98 Å². The highest BCUT2D eigenvalue weighted by molar-refractivity contribution is 6.30. The molecule has 0 radical (unpaired) electrons. The Morgan fingerprint density at radius 1 is 1.06 bits per heavy atom. The van der Waals surface area contributed by atoms with Gasteiger partial charge in [0.1, 0.15) is 5.15 Å². The van der Waals surface area contributed by atoms with E-state index in [2.05, 4.69) is 9.97 Å². The maximum Gasteiger partial charge on any atom is 0.218 e. The maximum atomic E-state index is 5.85. The van der Waals surface area contributed by atoms with Crippen molar-refractivity contribution in [1.29, 1.82) is 0 Å². The van der Waals surface area contributed by atoms with Crippen molar-refractivity contribution in [3.63, 3.8) is 0 Å². The molecule has 0 bridgehead atoms. The summed E-state index contributed by atoms with van der Waals surface area (Å²) >= 11 is 11.7. The third-order valence-corrected chi connectivity index (χ3v) is 2.43. The van der Waals surface area contributed by atoms with Crippen molar-refractivity contribution >= 4 is 23.2 Å².